The number of esters is 1. The Balaban J connectivity index is 2.93. The summed E-state index contributed by atoms with van der Waals surface area (Å²) >= 11 is 0. The molecule has 0 aromatic heterocycles. The van der Waals surface area contributed by atoms with Crippen molar-refractivity contribution in [3.63, 3.8) is 0 Å². The van der Waals surface area contributed by atoms with Crippen LogP contribution in [-0.2, 0) is 30.3 Å². The number of ether oxygens (including phenoxy) is 2. The molecule has 170 valence electrons. The number of carbonyl (C=O) groups is 4. The van der Waals surface area contributed by atoms with Crippen LogP contribution in [0, 0.1) is 5.92 Å². The van der Waals surface area contributed by atoms with Crippen molar-refractivity contribution in [1.82, 2.24) is 5.32 Å². The first kappa shape index (κ1) is 26.0. The maximum Gasteiger partial charge on any atom is 0.408 e. The van der Waals surface area contributed by atoms with E-state index in [4.69, 9.17) is 4.74 Å². The van der Waals surface area contributed by atoms with Crippen molar-refractivity contribution in [2.45, 2.75) is 59.1 Å². The average Bonchev–Trinajstić information content (AvgIpc) is 2.66. The summed E-state index contributed by atoms with van der Waals surface area (Å²) < 4.78 is 9.95. The number of nitrogens with one attached hydrogen (secondary N) is 1. The smallest absolute Gasteiger partial charge is 0.408 e. The van der Waals surface area contributed by atoms with Crippen LogP contribution in [0.5, 0.6) is 0 Å². The molecule has 1 rings (SSSR count). The summed E-state index contributed by atoms with van der Waals surface area (Å²) in [6.07, 6.45) is 1.06. The summed E-state index contributed by atoms with van der Waals surface area (Å²) in [7, 11) is 1.26. The third-order valence-electron chi connectivity index (χ3n) is 4.16. The Morgan fingerprint density at radius 2 is 1.74 bits per heavy atom. The Labute approximate surface area is 183 Å². The molecule has 1 N–H and O–H groups in total. The van der Waals surface area contributed by atoms with E-state index in [-0.39, 0.29) is 31.0 Å². The van der Waals surface area contributed by atoms with Gasteiger partial charge in [0.15, 0.2) is 11.6 Å². The van der Waals surface area contributed by atoms with E-state index in [1.807, 2.05) is 24.3 Å². The third-order valence-corrected chi connectivity index (χ3v) is 4.16. The second-order valence-corrected chi connectivity index (χ2v) is 8.41. The maximum absolute atomic E-state index is 12.8. The van der Waals surface area contributed by atoms with Crippen molar-refractivity contribution in [3.05, 3.63) is 35.4 Å². The van der Waals surface area contributed by atoms with Crippen molar-refractivity contribution < 1.29 is 28.7 Å². The van der Waals surface area contributed by atoms with E-state index in [2.05, 4.69) is 15.0 Å². The number of carbonyl (C=O) groups excluding carboxylic acids is 4. The minimum atomic E-state index is -0.862. The van der Waals surface area contributed by atoms with Crippen LogP contribution in [-0.4, -0.2) is 55.1 Å². The highest BCUT2D eigenvalue weighted by Gasteiger charge is 2.27. The van der Waals surface area contributed by atoms with Gasteiger partial charge < -0.3 is 14.8 Å². The molecule has 2 unspecified atom stereocenters. The van der Waals surface area contributed by atoms with E-state index in [0.29, 0.717) is 0 Å². The molecule has 1 aromatic carbocycles. The number of ketones is 2. The lowest BCUT2D eigenvalue weighted by Gasteiger charge is -2.23. The van der Waals surface area contributed by atoms with Crippen LogP contribution in [0.15, 0.2) is 29.3 Å². The molecule has 2 atom stereocenters. The van der Waals surface area contributed by atoms with Crippen LogP contribution >= 0.6 is 0 Å². The molecule has 0 aliphatic carbocycles. The minimum Gasteiger partial charge on any atom is -0.469 e. The average molecular weight is 433 g/mol. The molecule has 0 bridgehead atoms. The Hall–Kier alpha value is -3.03. The number of hydrogen-bond donors (Lipinski definition) is 1. The lowest BCUT2D eigenvalue weighted by Crippen LogP contribution is -2.45. The Morgan fingerprint density at radius 3 is 2.26 bits per heavy atom. The molecule has 31 heavy (non-hydrogen) atoms. The van der Waals surface area contributed by atoms with Crippen LogP contribution < -0.4 is 5.32 Å². The first-order valence-electron chi connectivity index (χ1n) is 10.1. The lowest BCUT2D eigenvalue weighted by molar-refractivity contribution is -0.146. The van der Waals surface area contributed by atoms with Crippen molar-refractivity contribution in [1.29, 1.82) is 0 Å². The minimum absolute atomic E-state index is 0.0244. The highest BCUT2D eigenvalue weighted by atomic mass is 16.6. The van der Waals surface area contributed by atoms with Crippen LogP contribution in [0.3, 0.4) is 0 Å². The van der Waals surface area contributed by atoms with Gasteiger partial charge in [0.1, 0.15) is 5.60 Å². The normalized spacial score (nSPS) is 13.4. The van der Waals surface area contributed by atoms with E-state index in [1.54, 1.807) is 33.9 Å². The van der Waals surface area contributed by atoms with Crippen molar-refractivity contribution >= 4 is 29.8 Å². The Bertz CT molecular complexity index is 808. The number of rotatable bonds is 10. The van der Waals surface area contributed by atoms with Gasteiger partial charge in [0, 0.05) is 12.6 Å². The number of benzene rings is 1. The fraction of sp³-hybridized carbons (Fsp3) is 0.522. The van der Waals surface area contributed by atoms with Gasteiger partial charge in [-0.3, -0.25) is 19.4 Å². The molecule has 8 nitrogen and oxygen atoms in total. The van der Waals surface area contributed by atoms with Gasteiger partial charge in [-0.1, -0.05) is 31.2 Å². The zero-order valence-electron chi connectivity index (χ0n) is 19.1. The van der Waals surface area contributed by atoms with E-state index in [9.17, 15) is 19.2 Å². The van der Waals surface area contributed by atoms with Crippen molar-refractivity contribution in [2.24, 2.45) is 10.9 Å². The van der Waals surface area contributed by atoms with Gasteiger partial charge in [0.2, 0.25) is 0 Å². The van der Waals surface area contributed by atoms with Gasteiger partial charge in [-0.2, -0.15) is 0 Å². The van der Waals surface area contributed by atoms with Crippen molar-refractivity contribution in [2.75, 3.05) is 13.7 Å². The second-order valence-electron chi connectivity index (χ2n) is 8.41. The molecule has 0 fully saturated rings. The van der Waals surface area contributed by atoms with Gasteiger partial charge in [0.25, 0.3) is 0 Å². The molecular formula is C23H32N2O6. The molecule has 8 heteroatoms. The molecule has 1 aromatic rings. The van der Waals surface area contributed by atoms with Gasteiger partial charge >= 0.3 is 12.1 Å². The number of alkyl carbamates (subject to hydrolysis) is 1. The van der Waals surface area contributed by atoms with Crippen LogP contribution in [0.1, 0.15) is 52.2 Å². The number of amides is 1. The van der Waals surface area contributed by atoms with Gasteiger partial charge in [-0.05, 0) is 45.2 Å². The zero-order chi connectivity index (χ0) is 23.6. The second kappa shape index (κ2) is 12.0. The van der Waals surface area contributed by atoms with E-state index < -0.39 is 29.6 Å². The first-order valence-corrected chi connectivity index (χ1v) is 10.1. The highest BCUT2D eigenvalue weighted by Crippen LogP contribution is 2.13. The summed E-state index contributed by atoms with van der Waals surface area (Å²) in [5, 5.41) is 2.62. The summed E-state index contributed by atoms with van der Waals surface area (Å²) in [4.78, 5) is 51.8. The SMILES string of the molecule is COC(=O)C(C)CC(=O)C(Cc1ccc(C=NCC(C)=O)cc1)NC(=O)OC(C)(C)C. The fourth-order valence-electron chi connectivity index (χ4n) is 2.68. The summed E-state index contributed by atoms with van der Waals surface area (Å²) in [5.41, 5.74) is 0.911. The molecule has 0 aliphatic heterocycles. The van der Waals surface area contributed by atoms with Gasteiger partial charge in [-0.15, -0.1) is 0 Å². The summed E-state index contributed by atoms with van der Waals surface area (Å²) in [6, 6.07) is 6.39. The molecule has 0 heterocycles. The summed E-state index contributed by atoms with van der Waals surface area (Å²) in [6.45, 7) is 8.38. The Kier molecular flexibility index (Phi) is 10.0. The zero-order valence-corrected chi connectivity index (χ0v) is 19.1. The first-order chi connectivity index (χ1) is 14.4. The summed E-state index contributed by atoms with van der Waals surface area (Å²) in [5.74, 6) is -1.43. The molecule has 0 saturated heterocycles. The maximum atomic E-state index is 12.8. The molecular weight excluding hydrogens is 400 g/mol. The van der Waals surface area contributed by atoms with Crippen LogP contribution in [0.2, 0.25) is 0 Å². The fourth-order valence-corrected chi connectivity index (χ4v) is 2.68. The van der Waals surface area contributed by atoms with Gasteiger partial charge in [0.05, 0.1) is 25.6 Å². The highest BCUT2D eigenvalue weighted by molar-refractivity contribution is 5.90. The molecule has 1 amide bonds. The molecule has 0 saturated carbocycles. The van der Waals surface area contributed by atoms with Crippen LogP contribution in [0.25, 0.3) is 0 Å². The van der Waals surface area contributed by atoms with E-state index in [0.717, 1.165) is 11.1 Å². The topological polar surface area (TPSA) is 111 Å². The predicted octanol–water partition coefficient (Wildman–Crippen LogP) is 2.90. The Morgan fingerprint density at radius 1 is 1.13 bits per heavy atom. The van der Waals surface area contributed by atoms with E-state index in [1.165, 1.54) is 14.0 Å². The van der Waals surface area contributed by atoms with Gasteiger partial charge in [-0.25, -0.2) is 4.79 Å². The van der Waals surface area contributed by atoms with Crippen molar-refractivity contribution in [3.8, 4) is 0 Å². The molecule has 0 radical (unpaired) electrons. The monoisotopic (exact) mass is 432 g/mol. The lowest BCUT2D eigenvalue weighted by atomic mass is 9.95. The van der Waals surface area contributed by atoms with Crippen LogP contribution in [0.4, 0.5) is 4.79 Å². The number of nitrogens with zero attached hydrogens (tertiary/aromatic N) is 1. The third kappa shape index (κ3) is 10.5. The van der Waals surface area contributed by atoms with E-state index >= 15 is 0 Å². The number of Topliss-reactive ketones (excluding diaryl/α,β-unsaturated/α-hetero) is 2. The largest absolute Gasteiger partial charge is 0.469 e. The molecule has 0 spiro atoms. The molecule has 0 aliphatic rings. The standard InChI is InChI=1S/C23H32N2O6/c1-15(21(28)30-6)11-20(27)19(25-22(29)31-23(3,4)5)12-17-7-9-18(10-8-17)14-24-13-16(2)26/h7-10,14-15,19H,11-13H2,1-6H3,(H,25,29). The quantitative estimate of drug-likeness (QED) is 0.449. The number of methoxy groups -OCH3 is 1. The number of aliphatic imine (C=N–C) groups is 1. The number of hydrogen-bond acceptors (Lipinski definition) is 7. The predicted molar refractivity (Wildman–Crippen MR) is 117 cm³/mol.